The van der Waals surface area contributed by atoms with E-state index in [4.69, 9.17) is 4.74 Å². The minimum absolute atomic E-state index is 0.00388. The molecule has 2 heterocycles. The molecule has 2 amide bonds. The SMILES string of the molecule is O=C(NC1CCOCC1)C1CCCN1C(=O)Cc1ccccc1. The summed E-state index contributed by atoms with van der Waals surface area (Å²) in [4.78, 5) is 26.8. The van der Waals surface area contributed by atoms with Crippen LogP contribution in [0.5, 0.6) is 0 Å². The molecule has 0 spiro atoms. The molecule has 0 bridgehead atoms. The standard InChI is InChI=1S/C18H24N2O3/c21-17(13-14-5-2-1-3-6-14)20-10-4-7-16(20)18(22)19-15-8-11-23-12-9-15/h1-3,5-6,15-16H,4,7-13H2,(H,19,22). The molecule has 2 fully saturated rings. The Morgan fingerprint density at radius 1 is 1.13 bits per heavy atom. The van der Waals surface area contributed by atoms with Crippen LogP contribution >= 0.6 is 0 Å². The number of nitrogens with zero attached hydrogens (tertiary/aromatic N) is 1. The van der Waals surface area contributed by atoms with Gasteiger partial charge in [0.1, 0.15) is 6.04 Å². The normalized spacial score (nSPS) is 22.1. The van der Waals surface area contributed by atoms with Crippen molar-refractivity contribution in [2.45, 2.75) is 44.2 Å². The number of hydrogen-bond donors (Lipinski definition) is 1. The molecule has 5 heteroatoms. The van der Waals surface area contributed by atoms with Gasteiger partial charge in [-0.05, 0) is 31.2 Å². The molecule has 1 atom stereocenters. The number of ether oxygens (including phenoxy) is 1. The van der Waals surface area contributed by atoms with Crippen LogP contribution in [0.4, 0.5) is 0 Å². The summed E-state index contributed by atoms with van der Waals surface area (Å²) in [6, 6.07) is 9.57. The molecule has 0 saturated carbocycles. The molecule has 1 aromatic rings. The first kappa shape index (κ1) is 16.0. The largest absolute Gasteiger partial charge is 0.381 e. The van der Waals surface area contributed by atoms with Crippen LogP contribution in [0, 0.1) is 0 Å². The van der Waals surface area contributed by atoms with Crippen molar-refractivity contribution in [1.29, 1.82) is 0 Å². The molecule has 0 aliphatic carbocycles. The summed E-state index contributed by atoms with van der Waals surface area (Å²) in [5, 5.41) is 3.10. The lowest BCUT2D eigenvalue weighted by molar-refractivity contribution is -0.138. The predicted octanol–water partition coefficient (Wildman–Crippen LogP) is 1.52. The third kappa shape index (κ3) is 4.10. The summed E-state index contributed by atoms with van der Waals surface area (Å²) in [7, 11) is 0. The highest BCUT2D eigenvalue weighted by molar-refractivity contribution is 5.89. The minimum atomic E-state index is -0.311. The molecule has 0 radical (unpaired) electrons. The number of amides is 2. The molecule has 0 aromatic heterocycles. The third-order valence-electron chi connectivity index (χ3n) is 4.64. The first-order valence-corrected chi connectivity index (χ1v) is 8.45. The molecule has 2 aliphatic rings. The van der Waals surface area contributed by atoms with Crippen LogP contribution in [0.2, 0.25) is 0 Å². The second kappa shape index (κ2) is 7.59. The maximum Gasteiger partial charge on any atom is 0.243 e. The molecule has 1 N–H and O–H groups in total. The van der Waals surface area contributed by atoms with Crippen molar-refractivity contribution in [2.75, 3.05) is 19.8 Å². The fraction of sp³-hybridized carbons (Fsp3) is 0.556. The molecular formula is C18H24N2O3. The lowest BCUT2D eigenvalue weighted by Crippen LogP contribution is -2.50. The number of carbonyl (C=O) groups excluding carboxylic acids is 2. The van der Waals surface area contributed by atoms with Gasteiger partial charge >= 0.3 is 0 Å². The summed E-state index contributed by atoms with van der Waals surface area (Å²) in [6.45, 7) is 2.08. The van der Waals surface area contributed by atoms with E-state index in [9.17, 15) is 9.59 Å². The molecule has 5 nitrogen and oxygen atoms in total. The van der Waals surface area contributed by atoms with Crippen molar-refractivity contribution in [3.8, 4) is 0 Å². The monoisotopic (exact) mass is 316 g/mol. The maximum atomic E-state index is 12.5. The quantitative estimate of drug-likeness (QED) is 0.916. The molecule has 2 saturated heterocycles. The Bertz CT molecular complexity index is 540. The first-order chi connectivity index (χ1) is 11.2. The Hall–Kier alpha value is -1.88. The number of likely N-dealkylation sites (tertiary alicyclic amines) is 1. The van der Waals surface area contributed by atoms with Crippen molar-refractivity contribution >= 4 is 11.8 Å². The first-order valence-electron chi connectivity index (χ1n) is 8.45. The zero-order valence-electron chi connectivity index (χ0n) is 13.4. The van der Waals surface area contributed by atoms with E-state index >= 15 is 0 Å². The second-order valence-electron chi connectivity index (χ2n) is 6.30. The Morgan fingerprint density at radius 2 is 1.87 bits per heavy atom. The molecule has 2 aliphatic heterocycles. The fourth-order valence-electron chi connectivity index (χ4n) is 3.35. The van der Waals surface area contributed by atoms with Gasteiger partial charge < -0.3 is 15.0 Å². The minimum Gasteiger partial charge on any atom is -0.381 e. The Kier molecular flexibility index (Phi) is 5.28. The molecular weight excluding hydrogens is 292 g/mol. The van der Waals surface area contributed by atoms with Crippen molar-refractivity contribution in [1.82, 2.24) is 10.2 Å². The Balaban J connectivity index is 1.58. The number of carbonyl (C=O) groups is 2. The van der Waals surface area contributed by atoms with Gasteiger partial charge in [-0.25, -0.2) is 0 Å². The van der Waals surface area contributed by atoms with Gasteiger partial charge in [-0.2, -0.15) is 0 Å². The topological polar surface area (TPSA) is 58.6 Å². The van der Waals surface area contributed by atoms with Crippen molar-refractivity contribution in [3.63, 3.8) is 0 Å². The van der Waals surface area contributed by atoms with E-state index in [1.165, 1.54) is 0 Å². The number of benzene rings is 1. The molecule has 3 rings (SSSR count). The number of hydrogen-bond acceptors (Lipinski definition) is 3. The van der Waals surface area contributed by atoms with Crippen LogP contribution in [0.1, 0.15) is 31.2 Å². The van der Waals surface area contributed by atoms with E-state index in [0.29, 0.717) is 26.2 Å². The lowest BCUT2D eigenvalue weighted by atomic mass is 10.1. The van der Waals surface area contributed by atoms with Gasteiger partial charge in [-0.15, -0.1) is 0 Å². The number of nitrogens with one attached hydrogen (secondary N) is 1. The summed E-state index contributed by atoms with van der Waals surface area (Å²) < 4.78 is 5.32. The van der Waals surface area contributed by atoms with E-state index in [1.807, 2.05) is 30.3 Å². The molecule has 124 valence electrons. The van der Waals surface area contributed by atoms with E-state index in [0.717, 1.165) is 31.2 Å². The highest BCUT2D eigenvalue weighted by Crippen LogP contribution is 2.20. The van der Waals surface area contributed by atoms with E-state index < -0.39 is 0 Å². The van der Waals surface area contributed by atoms with Crippen molar-refractivity contribution in [3.05, 3.63) is 35.9 Å². The van der Waals surface area contributed by atoms with Crippen LogP contribution < -0.4 is 5.32 Å². The Morgan fingerprint density at radius 3 is 2.61 bits per heavy atom. The fourth-order valence-corrected chi connectivity index (χ4v) is 3.35. The molecule has 1 unspecified atom stereocenters. The maximum absolute atomic E-state index is 12.5. The summed E-state index contributed by atoms with van der Waals surface area (Å²) >= 11 is 0. The van der Waals surface area contributed by atoms with Crippen molar-refractivity contribution in [2.24, 2.45) is 0 Å². The molecule has 1 aromatic carbocycles. The zero-order chi connectivity index (χ0) is 16.1. The van der Waals surface area contributed by atoms with Crippen LogP contribution in [0.25, 0.3) is 0 Å². The van der Waals surface area contributed by atoms with Gasteiger partial charge in [-0.1, -0.05) is 30.3 Å². The average molecular weight is 316 g/mol. The van der Waals surface area contributed by atoms with E-state index in [1.54, 1.807) is 4.90 Å². The smallest absolute Gasteiger partial charge is 0.243 e. The van der Waals surface area contributed by atoms with E-state index in [2.05, 4.69) is 5.32 Å². The van der Waals surface area contributed by atoms with Crippen LogP contribution in [-0.4, -0.2) is 48.6 Å². The van der Waals surface area contributed by atoms with Gasteiger partial charge in [0, 0.05) is 25.8 Å². The second-order valence-corrected chi connectivity index (χ2v) is 6.30. The average Bonchev–Trinajstić information content (AvgIpc) is 3.06. The van der Waals surface area contributed by atoms with Crippen LogP contribution in [0.3, 0.4) is 0 Å². The van der Waals surface area contributed by atoms with Gasteiger partial charge in [0.25, 0.3) is 0 Å². The molecule has 23 heavy (non-hydrogen) atoms. The highest BCUT2D eigenvalue weighted by atomic mass is 16.5. The van der Waals surface area contributed by atoms with Gasteiger partial charge in [0.2, 0.25) is 11.8 Å². The van der Waals surface area contributed by atoms with Crippen molar-refractivity contribution < 1.29 is 14.3 Å². The summed E-state index contributed by atoms with van der Waals surface area (Å²) in [5.74, 6) is 0.0386. The van der Waals surface area contributed by atoms with E-state index in [-0.39, 0.29) is 23.9 Å². The highest BCUT2D eigenvalue weighted by Gasteiger charge is 2.34. The van der Waals surface area contributed by atoms with Gasteiger partial charge in [-0.3, -0.25) is 9.59 Å². The van der Waals surface area contributed by atoms with Gasteiger partial charge in [0.05, 0.1) is 6.42 Å². The lowest BCUT2D eigenvalue weighted by Gasteiger charge is -2.28. The number of rotatable bonds is 4. The van der Waals surface area contributed by atoms with Crippen LogP contribution in [0.15, 0.2) is 30.3 Å². The summed E-state index contributed by atoms with van der Waals surface area (Å²) in [5.41, 5.74) is 0.994. The zero-order valence-corrected chi connectivity index (χ0v) is 13.4. The predicted molar refractivity (Wildman–Crippen MR) is 86.9 cm³/mol. The Labute approximate surface area is 137 Å². The third-order valence-corrected chi connectivity index (χ3v) is 4.64. The van der Waals surface area contributed by atoms with Gasteiger partial charge in [0.15, 0.2) is 0 Å². The van der Waals surface area contributed by atoms with Crippen LogP contribution in [-0.2, 0) is 20.7 Å². The summed E-state index contributed by atoms with van der Waals surface area (Å²) in [6.07, 6.45) is 3.73.